The number of Topliss-reactive ketones (excluding diaryl/α,β-unsaturated/α-hetero) is 1. The highest BCUT2D eigenvalue weighted by Gasteiger charge is 2.24. The number of ketones is 1. The van der Waals surface area contributed by atoms with Crippen molar-refractivity contribution < 1.29 is 13.9 Å². The van der Waals surface area contributed by atoms with Crippen LogP contribution >= 0.6 is 0 Å². The van der Waals surface area contributed by atoms with E-state index in [1.54, 1.807) is 4.57 Å². The van der Waals surface area contributed by atoms with Crippen molar-refractivity contribution in [1.82, 2.24) is 9.88 Å². The van der Waals surface area contributed by atoms with Crippen LogP contribution in [0.25, 0.3) is 22.2 Å². The van der Waals surface area contributed by atoms with Crippen LogP contribution in [0, 0.1) is 17.2 Å². The summed E-state index contributed by atoms with van der Waals surface area (Å²) in [6, 6.07) is 15.9. The number of ether oxygens (including phenoxy) is 1. The van der Waals surface area contributed by atoms with E-state index in [-0.39, 0.29) is 23.9 Å². The van der Waals surface area contributed by atoms with Gasteiger partial charge in [0, 0.05) is 26.1 Å². The Hall–Kier alpha value is -3.21. The summed E-state index contributed by atoms with van der Waals surface area (Å²) in [6.07, 6.45) is 1.13. The lowest BCUT2D eigenvalue weighted by atomic mass is 9.93. The molecule has 2 heterocycles. The van der Waals surface area contributed by atoms with Crippen molar-refractivity contribution in [3.05, 3.63) is 58.6 Å². The third-order valence-electron chi connectivity index (χ3n) is 5.89. The van der Waals surface area contributed by atoms with E-state index in [2.05, 4.69) is 11.4 Å². The fourth-order valence-corrected chi connectivity index (χ4v) is 4.12. The zero-order valence-electron chi connectivity index (χ0n) is 18.2. The molecule has 4 rings (SSSR count). The topological polar surface area (TPSA) is 97.3 Å². The van der Waals surface area contributed by atoms with Crippen molar-refractivity contribution in [2.45, 2.75) is 38.8 Å². The molecule has 166 valence electrons. The van der Waals surface area contributed by atoms with Gasteiger partial charge in [-0.2, -0.15) is 5.26 Å². The van der Waals surface area contributed by atoms with Gasteiger partial charge in [-0.1, -0.05) is 30.3 Å². The predicted molar refractivity (Wildman–Crippen MR) is 121 cm³/mol. The number of benzene rings is 2. The normalized spacial score (nSPS) is 17.6. The van der Waals surface area contributed by atoms with Gasteiger partial charge in [0.15, 0.2) is 11.4 Å². The average Bonchev–Trinajstić information content (AvgIpc) is 2.96. The maximum Gasteiger partial charge on any atom is 0.419 e. The Bertz CT molecular complexity index is 1180. The SMILES string of the molecule is CCn1c(=O)oc2ccc(-c3ccc(C[C@@H](C#N)CC(=O)[C@@H]4CNCCCO4)cc3)cc21. The molecule has 3 aromatic rings. The Labute approximate surface area is 186 Å². The molecule has 7 heteroatoms. The minimum atomic E-state index is -0.464. The number of hydrogen-bond acceptors (Lipinski definition) is 6. The quantitative estimate of drug-likeness (QED) is 0.614. The van der Waals surface area contributed by atoms with Crippen LogP contribution in [0.2, 0.25) is 0 Å². The number of carbonyl (C=O) groups is 1. The summed E-state index contributed by atoms with van der Waals surface area (Å²) >= 11 is 0. The van der Waals surface area contributed by atoms with Gasteiger partial charge in [0.25, 0.3) is 0 Å². The lowest BCUT2D eigenvalue weighted by Crippen LogP contribution is -2.34. The molecule has 1 aromatic heterocycles. The zero-order chi connectivity index (χ0) is 22.5. The summed E-state index contributed by atoms with van der Waals surface area (Å²) in [6.45, 7) is 4.39. The number of hydrogen-bond donors (Lipinski definition) is 1. The highest BCUT2D eigenvalue weighted by atomic mass is 16.5. The van der Waals surface area contributed by atoms with E-state index in [0.717, 1.165) is 35.2 Å². The van der Waals surface area contributed by atoms with Gasteiger partial charge in [0.2, 0.25) is 0 Å². The Kier molecular flexibility index (Phi) is 6.84. The Morgan fingerprint density at radius 3 is 2.78 bits per heavy atom. The van der Waals surface area contributed by atoms with Crippen molar-refractivity contribution in [2.75, 3.05) is 19.7 Å². The molecule has 7 nitrogen and oxygen atoms in total. The molecule has 0 aliphatic carbocycles. The third-order valence-corrected chi connectivity index (χ3v) is 5.89. The first-order chi connectivity index (χ1) is 15.6. The molecular formula is C25H27N3O4. The number of nitrogens with zero attached hydrogens (tertiary/aromatic N) is 2. The summed E-state index contributed by atoms with van der Waals surface area (Å²) in [4.78, 5) is 24.5. The lowest BCUT2D eigenvalue weighted by Gasteiger charge is -2.16. The summed E-state index contributed by atoms with van der Waals surface area (Å²) < 4.78 is 12.5. The summed E-state index contributed by atoms with van der Waals surface area (Å²) in [5, 5.41) is 12.8. The fourth-order valence-electron chi connectivity index (χ4n) is 4.12. The maximum atomic E-state index is 12.6. The second-order valence-corrected chi connectivity index (χ2v) is 8.11. The number of nitrogens with one attached hydrogen (secondary N) is 1. The monoisotopic (exact) mass is 433 g/mol. The van der Waals surface area contributed by atoms with E-state index in [1.807, 2.05) is 49.4 Å². The Morgan fingerprint density at radius 1 is 1.25 bits per heavy atom. The molecule has 1 saturated heterocycles. The van der Waals surface area contributed by atoms with Crippen molar-refractivity contribution in [2.24, 2.45) is 5.92 Å². The van der Waals surface area contributed by atoms with Crippen molar-refractivity contribution >= 4 is 16.9 Å². The third kappa shape index (κ3) is 4.82. The lowest BCUT2D eigenvalue weighted by molar-refractivity contribution is -0.130. The van der Waals surface area contributed by atoms with E-state index in [1.165, 1.54) is 0 Å². The molecule has 2 aromatic carbocycles. The summed E-state index contributed by atoms with van der Waals surface area (Å²) in [7, 11) is 0. The largest absolute Gasteiger partial charge is 0.419 e. The van der Waals surface area contributed by atoms with Gasteiger partial charge in [0.05, 0.1) is 17.5 Å². The molecule has 0 bridgehead atoms. The van der Waals surface area contributed by atoms with Gasteiger partial charge in [-0.05, 0) is 55.1 Å². The number of rotatable bonds is 7. The number of nitriles is 1. The number of aryl methyl sites for hydroxylation is 1. The van der Waals surface area contributed by atoms with Crippen LogP contribution in [0.1, 0.15) is 25.3 Å². The molecule has 0 amide bonds. The van der Waals surface area contributed by atoms with Gasteiger partial charge in [-0.3, -0.25) is 9.36 Å². The van der Waals surface area contributed by atoms with E-state index in [0.29, 0.717) is 31.7 Å². The van der Waals surface area contributed by atoms with E-state index < -0.39 is 6.10 Å². The van der Waals surface area contributed by atoms with Crippen LogP contribution in [0.3, 0.4) is 0 Å². The molecular weight excluding hydrogens is 406 g/mol. The molecule has 0 saturated carbocycles. The highest BCUT2D eigenvalue weighted by molar-refractivity contribution is 5.84. The highest BCUT2D eigenvalue weighted by Crippen LogP contribution is 2.25. The van der Waals surface area contributed by atoms with Crippen LogP contribution in [0.5, 0.6) is 0 Å². The number of aromatic nitrogens is 1. The summed E-state index contributed by atoms with van der Waals surface area (Å²) in [5.74, 6) is -0.753. The van der Waals surface area contributed by atoms with Gasteiger partial charge in [-0.15, -0.1) is 0 Å². The molecule has 1 N–H and O–H groups in total. The number of fused-ring (bicyclic) bond motifs is 1. The van der Waals surface area contributed by atoms with Crippen LogP contribution in [-0.2, 0) is 22.5 Å². The van der Waals surface area contributed by atoms with Crippen molar-refractivity contribution in [3.63, 3.8) is 0 Å². The first-order valence-electron chi connectivity index (χ1n) is 11.1. The first kappa shape index (κ1) is 22.0. The Morgan fingerprint density at radius 2 is 2.03 bits per heavy atom. The van der Waals surface area contributed by atoms with Gasteiger partial charge in [-0.25, -0.2) is 4.79 Å². The van der Waals surface area contributed by atoms with Crippen LogP contribution in [0.4, 0.5) is 0 Å². The number of oxazole rings is 1. The van der Waals surface area contributed by atoms with Crippen LogP contribution < -0.4 is 11.1 Å². The molecule has 0 spiro atoms. The standard InChI is InChI=1S/C25H27N3O4/c1-2-28-21-14-20(8-9-23(21)32-25(28)30)19-6-4-17(5-7-19)12-18(15-26)13-22(29)24-16-27-10-3-11-31-24/h4-9,14,18,24,27H,2-3,10-13,16H2,1H3/t18-,24+/m1/s1. The average molecular weight is 434 g/mol. The molecule has 32 heavy (non-hydrogen) atoms. The molecule has 0 unspecified atom stereocenters. The van der Waals surface area contributed by atoms with Crippen molar-refractivity contribution in [1.29, 1.82) is 5.26 Å². The van der Waals surface area contributed by atoms with Gasteiger partial charge >= 0.3 is 5.76 Å². The minimum absolute atomic E-state index is 0.0158. The van der Waals surface area contributed by atoms with E-state index in [4.69, 9.17) is 9.15 Å². The predicted octanol–water partition coefficient (Wildman–Crippen LogP) is 3.30. The molecule has 1 aliphatic rings. The molecule has 0 radical (unpaired) electrons. The molecule has 1 aliphatic heterocycles. The maximum absolute atomic E-state index is 12.6. The van der Waals surface area contributed by atoms with Gasteiger partial charge in [0.1, 0.15) is 6.10 Å². The smallest absolute Gasteiger partial charge is 0.408 e. The van der Waals surface area contributed by atoms with E-state index in [9.17, 15) is 14.9 Å². The second-order valence-electron chi connectivity index (χ2n) is 8.11. The molecule has 2 atom stereocenters. The van der Waals surface area contributed by atoms with Crippen LogP contribution in [-0.4, -0.2) is 36.2 Å². The van der Waals surface area contributed by atoms with Gasteiger partial charge < -0.3 is 14.5 Å². The first-order valence-corrected chi connectivity index (χ1v) is 11.1. The van der Waals surface area contributed by atoms with Crippen molar-refractivity contribution in [3.8, 4) is 17.2 Å². The van der Waals surface area contributed by atoms with Crippen LogP contribution in [0.15, 0.2) is 51.7 Å². The Balaban J connectivity index is 1.45. The molecule has 1 fully saturated rings. The summed E-state index contributed by atoms with van der Waals surface area (Å²) in [5.41, 5.74) is 4.35. The second kappa shape index (κ2) is 9.94. The minimum Gasteiger partial charge on any atom is -0.408 e. The van der Waals surface area contributed by atoms with E-state index >= 15 is 0 Å². The fraction of sp³-hybridized carbons (Fsp3) is 0.400. The zero-order valence-corrected chi connectivity index (χ0v) is 18.2. The number of carbonyl (C=O) groups excluding carboxylic acids is 1.